The van der Waals surface area contributed by atoms with E-state index in [4.69, 9.17) is 4.43 Å². The van der Waals surface area contributed by atoms with Gasteiger partial charge in [0.2, 0.25) is 0 Å². The van der Waals surface area contributed by atoms with E-state index in [2.05, 4.69) is 60.7 Å². The highest BCUT2D eigenvalue weighted by molar-refractivity contribution is 6.74. The van der Waals surface area contributed by atoms with Crippen LogP contribution in [0.2, 0.25) is 18.1 Å². The Balaban J connectivity index is 2.81. The van der Waals surface area contributed by atoms with Gasteiger partial charge in [-0.25, -0.2) is 0 Å². The first-order valence-corrected chi connectivity index (χ1v) is 10.3. The highest BCUT2D eigenvalue weighted by Gasteiger charge is 2.43. The summed E-state index contributed by atoms with van der Waals surface area (Å²) in [5, 5.41) is 10.5. The summed E-state index contributed by atoms with van der Waals surface area (Å²) in [6.45, 7) is 18.6. The molecule has 0 amide bonds. The Morgan fingerprint density at radius 2 is 1.89 bits per heavy atom. The summed E-state index contributed by atoms with van der Waals surface area (Å²) in [6.07, 6.45) is 2.69. The van der Waals surface area contributed by atoms with Crippen LogP contribution in [0.1, 0.15) is 48.0 Å². The molecule has 1 aliphatic carbocycles. The largest absolute Gasteiger partial charge is 0.416 e. The third-order valence-corrected chi connectivity index (χ3v) is 9.89. The minimum absolute atomic E-state index is 0.0960. The van der Waals surface area contributed by atoms with Gasteiger partial charge in [-0.1, -0.05) is 46.3 Å². The van der Waals surface area contributed by atoms with Crippen LogP contribution >= 0.6 is 0 Å². The van der Waals surface area contributed by atoms with Gasteiger partial charge in [0.1, 0.15) is 0 Å². The second kappa shape index (κ2) is 5.34. The molecular weight excluding hydrogens is 252 g/mol. The fraction of sp³-hybridized carbons (Fsp3) is 0.875. The Hall–Kier alpha value is -0.123. The van der Waals surface area contributed by atoms with Crippen molar-refractivity contribution in [3.05, 3.63) is 11.6 Å². The third-order valence-electron chi connectivity index (χ3n) is 5.39. The van der Waals surface area contributed by atoms with Gasteiger partial charge in [-0.3, -0.25) is 0 Å². The van der Waals surface area contributed by atoms with Crippen molar-refractivity contribution in [3.8, 4) is 0 Å². The zero-order valence-electron chi connectivity index (χ0n) is 14.0. The number of hydrogen-bond donors (Lipinski definition) is 1. The molecule has 112 valence electrons. The molecule has 1 N–H and O–H groups in total. The highest BCUT2D eigenvalue weighted by Crippen LogP contribution is 2.43. The second-order valence-corrected chi connectivity index (χ2v) is 13.0. The predicted molar refractivity (Wildman–Crippen MR) is 84.8 cm³/mol. The van der Waals surface area contributed by atoms with Crippen molar-refractivity contribution in [3.63, 3.8) is 0 Å². The maximum atomic E-state index is 10.2. The van der Waals surface area contributed by atoms with Gasteiger partial charge < -0.3 is 9.53 Å². The normalized spacial score (nSPS) is 28.2. The summed E-state index contributed by atoms with van der Waals surface area (Å²) in [4.78, 5) is 0. The van der Waals surface area contributed by atoms with Gasteiger partial charge >= 0.3 is 0 Å². The van der Waals surface area contributed by atoms with Crippen LogP contribution in [-0.4, -0.2) is 26.1 Å². The molecule has 0 saturated carbocycles. The first-order valence-electron chi connectivity index (χ1n) is 7.38. The van der Waals surface area contributed by atoms with E-state index in [1.807, 2.05) is 0 Å². The molecule has 0 aliphatic heterocycles. The van der Waals surface area contributed by atoms with Crippen molar-refractivity contribution in [2.75, 3.05) is 6.61 Å². The molecule has 0 aromatic carbocycles. The lowest BCUT2D eigenvalue weighted by atomic mass is 9.67. The van der Waals surface area contributed by atoms with Gasteiger partial charge in [-0.05, 0) is 36.9 Å². The van der Waals surface area contributed by atoms with Gasteiger partial charge in [0.05, 0.1) is 6.10 Å². The quantitative estimate of drug-likeness (QED) is 0.616. The smallest absolute Gasteiger partial charge is 0.192 e. The fourth-order valence-corrected chi connectivity index (χ4v) is 3.43. The van der Waals surface area contributed by atoms with Crippen molar-refractivity contribution in [2.45, 2.75) is 72.2 Å². The summed E-state index contributed by atoms with van der Waals surface area (Å²) >= 11 is 0. The van der Waals surface area contributed by atoms with Crippen LogP contribution in [0.3, 0.4) is 0 Å². The first-order chi connectivity index (χ1) is 8.39. The molecule has 0 heterocycles. The third kappa shape index (κ3) is 3.50. The number of rotatable bonds is 3. The predicted octanol–water partition coefficient (Wildman–Crippen LogP) is 4.36. The molecule has 2 nitrogen and oxygen atoms in total. The second-order valence-electron chi connectivity index (χ2n) is 8.14. The van der Waals surface area contributed by atoms with E-state index in [-0.39, 0.29) is 16.6 Å². The van der Waals surface area contributed by atoms with Gasteiger partial charge in [0.25, 0.3) is 0 Å². The summed E-state index contributed by atoms with van der Waals surface area (Å²) in [5.41, 5.74) is 1.27. The average molecular weight is 285 g/mol. The van der Waals surface area contributed by atoms with Crippen molar-refractivity contribution >= 4 is 8.32 Å². The van der Waals surface area contributed by atoms with Crippen LogP contribution in [0, 0.1) is 11.3 Å². The molecule has 1 rings (SSSR count). The van der Waals surface area contributed by atoms with Crippen LogP contribution in [-0.2, 0) is 4.43 Å². The van der Waals surface area contributed by atoms with Gasteiger partial charge in [0, 0.05) is 12.5 Å². The molecular formula is C16H32O2Si. The molecule has 0 saturated heterocycles. The van der Waals surface area contributed by atoms with E-state index in [0.717, 1.165) is 13.0 Å². The van der Waals surface area contributed by atoms with Crippen molar-refractivity contribution in [2.24, 2.45) is 11.3 Å². The van der Waals surface area contributed by atoms with Crippen LogP contribution in [0.4, 0.5) is 0 Å². The van der Waals surface area contributed by atoms with Crippen LogP contribution in [0.15, 0.2) is 11.6 Å². The molecule has 1 aliphatic rings. The van der Waals surface area contributed by atoms with Crippen molar-refractivity contribution in [1.82, 2.24) is 0 Å². The molecule has 0 aromatic rings. The highest BCUT2D eigenvalue weighted by atomic mass is 28.4. The molecule has 0 fully saturated rings. The van der Waals surface area contributed by atoms with Crippen LogP contribution in [0.25, 0.3) is 0 Å². The summed E-state index contributed by atoms with van der Waals surface area (Å²) < 4.78 is 6.37. The van der Waals surface area contributed by atoms with Crippen LogP contribution < -0.4 is 0 Å². The van der Waals surface area contributed by atoms with Gasteiger partial charge in [0.15, 0.2) is 8.32 Å². The van der Waals surface area contributed by atoms with Crippen LogP contribution in [0.5, 0.6) is 0 Å². The van der Waals surface area contributed by atoms with E-state index in [1.54, 1.807) is 0 Å². The topological polar surface area (TPSA) is 29.5 Å². The molecule has 3 heteroatoms. The average Bonchev–Trinajstić information content (AvgIpc) is 2.22. The maximum absolute atomic E-state index is 10.2. The summed E-state index contributed by atoms with van der Waals surface area (Å²) in [6, 6.07) is 0. The standard InChI is InChI=1S/C16H32O2Si/c1-12-9-10-14(17)16(5,6)13(12)11-18-19(7,8)15(2,3)4/h9,13-14,17H,10-11H2,1-8H3/t13-,14+/m0/s1. The van der Waals surface area contributed by atoms with Gasteiger partial charge in [-0.15, -0.1) is 0 Å². The number of hydrogen-bond acceptors (Lipinski definition) is 2. The number of aliphatic hydroxyl groups excluding tert-OH is 1. The molecule has 2 atom stereocenters. The minimum atomic E-state index is -1.71. The summed E-state index contributed by atoms with van der Waals surface area (Å²) in [5.74, 6) is 0.324. The maximum Gasteiger partial charge on any atom is 0.192 e. The first kappa shape index (κ1) is 16.9. The Bertz CT molecular complexity index is 350. The molecule has 0 unspecified atom stereocenters. The van der Waals surface area contributed by atoms with E-state index in [9.17, 15) is 5.11 Å². The Morgan fingerprint density at radius 3 is 2.37 bits per heavy atom. The van der Waals surface area contributed by atoms with Crippen molar-refractivity contribution in [1.29, 1.82) is 0 Å². The lowest BCUT2D eigenvalue weighted by Crippen LogP contribution is -2.47. The summed E-state index contributed by atoms with van der Waals surface area (Å²) in [7, 11) is -1.71. The molecule has 0 radical (unpaired) electrons. The SMILES string of the molecule is CC1=CC[C@@H](O)C(C)(C)[C@H]1CO[Si](C)(C)C(C)(C)C. The fourth-order valence-electron chi connectivity index (χ4n) is 2.42. The molecule has 0 aromatic heterocycles. The Morgan fingerprint density at radius 1 is 1.37 bits per heavy atom. The molecule has 0 bridgehead atoms. The van der Waals surface area contributed by atoms with Crippen molar-refractivity contribution < 1.29 is 9.53 Å². The lowest BCUT2D eigenvalue weighted by molar-refractivity contribution is -0.00524. The van der Waals surface area contributed by atoms with E-state index in [0.29, 0.717) is 5.92 Å². The van der Waals surface area contributed by atoms with E-state index >= 15 is 0 Å². The molecule has 19 heavy (non-hydrogen) atoms. The van der Waals surface area contributed by atoms with E-state index in [1.165, 1.54) is 5.57 Å². The zero-order valence-corrected chi connectivity index (χ0v) is 15.0. The monoisotopic (exact) mass is 284 g/mol. The Kier molecular flexibility index (Phi) is 4.76. The number of aliphatic hydroxyl groups is 1. The van der Waals surface area contributed by atoms with E-state index < -0.39 is 8.32 Å². The Labute approximate surface area is 120 Å². The van der Waals surface area contributed by atoms with Gasteiger partial charge in [-0.2, -0.15) is 0 Å². The lowest BCUT2D eigenvalue weighted by Gasteiger charge is -2.44. The molecule has 0 spiro atoms. The zero-order chi connectivity index (χ0) is 15.1. The minimum Gasteiger partial charge on any atom is -0.416 e.